The molecule has 1 unspecified atom stereocenters. The fraction of sp³-hybridized carbons (Fsp3) is 0.444. The highest BCUT2D eigenvalue weighted by Gasteiger charge is 2.37. The number of carbonyl (C=O) groups excluding carboxylic acids is 2. The Morgan fingerprint density at radius 2 is 1.93 bits per heavy atom. The second kappa shape index (κ2) is 4.04. The Hall–Kier alpha value is -1.65. The van der Waals surface area contributed by atoms with E-state index in [0.717, 1.165) is 4.90 Å². The van der Waals surface area contributed by atoms with Gasteiger partial charge < -0.3 is 5.11 Å². The summed E-state index contributed by atoms with van der Waals surface area (Å²) in [5.74, 6) is -2.02. The minimum atomic E-state index is -1.19. The Kier molecular flexibility index (Phi) is 3.01. The van der Waals surface area contributed by atoms with Crippen molar-refractivity contribution in [1.82, 2.24) is 4.90 Å². The van der Waals surface area contributed by atoms with Crippen LogP contribution >= 0.6 is 0 Å². The Labute approximate surface area is 81.0 Å². The first kappa shape index (κ1) is 10.4. The lowest BCUT2D eigenvalue weighted by atomic mass is 10.2. The van der Waals surface area contributed by atoms with Crippen LogP contribution in [0, 0.1) is 0 Å². The molecule has 0 aromatic heterocycles. The second-order valence-electron chi connectivity index (χ2n) is 2.97. The summed E-state index contributed by atoms with van der Waals surface area (Å²) in [4.78, 5) is 34.0. The summed E-state index contributed by atoms with van der Waals surface area (Å²) < 4.78 is 0. The number of imide groups is 1. The van der Waals surface area contributed by atoms with Crippen LogP contribution < -0.4 is 0 Å². The molecule has 0 aromatic rings. The lowest BCUT2D eigenvalue weighted by Crippen LogP contribution is -2.43. The number of nitrogens with zero attached hydrogens (tertiary/aromatic N) is 1. The van der Waals surface area contributed by atoms with Gasteiger partial charge in [0.25, 0.3) is 0 Å². The molecule has 14 heavy (non-hydrogen) atoms. The monoisotopic (exact) mass is 197 g/mol. The van der Waals surface area contributed by atoms with E-state index < -0.39 is 23.8 Å². The van der Waals surface area contributed by atoms with Crippen molar-refractivity contribution in [2.45, 2.75) is 25.8 Å². The summed E-state index contributed by atoms with van der Waals surface area (Å²) in [7, 11) is 0. The van der Waals surface area contributed by atoms with Gasteiger partial charge in [-0.05, 0) is 6.92 Å². The van der Waals surface area contributed by atoms with Crippen molar-refractivity contribution in [3.8, 4) is 0 Å². The maximum absolute atomic E-state index is 11.2. The highest BCUT2D eigenvalue weighted by atomic mass is 16.4. The first-order valence-corrected chi connectivity index (χ1v) is 4.28. The molecule has 1 rings (SSSR count). The van der Waals surface area contributed by atoms with E-state index in [4.69, 9.17) is 5.11 Å². The lowest BCUT2D eigenvalue weighted by Gasteiger charge is -2.18. The molecule has 2 amide bonds. The number of hydrogen-bond donors (Lipinski definition) is 1. The maximum Gasteiger partial charge on any atom is 0.330 e. The number of allylic oxidation sites excluding steroid dienone is 1. The number of amides is 2. The van der Waals surface area contributed by atoms with E-state index in [1.54, 1.807) is 6.92 Å². The molecule has 1 heterocycles. The number of hydrogen-bond acceptors (Lipinski definition) is 3. The molecule has 0 spiro atoms. The highest BCUT2D eigenvalue weighted by Crippen LogP contribution is 2.16. The predicted octanol–water partition coefficient (Wildman–Crippen LogP) is 0.165. The molecule has 1 fully saturated rings. The van der Waals surface area contributed by atoms with Crippen LogP contribution in [0.5, 0.6) is 0 Å². The van der Waals surface area contributed by atoms with Crippen molar-refractivity contribution in [2.75, 3.05) is 0 Å². The van der Waals surface area contributed by atoms with Crippen molar-refractivity contribution in [3.05, 3.63) is 12.2 Å². The Morgan fingerprint density at radius 3 is 2.29 bits per heavy atom. The van der Waals surface area contributed by atoms with Gasteiger partial charge in [0.15, 0.2) is 6.04 Å². The van der Waals surface area contributed by atoms with Crippen LogP contribution in [0.25, 0.3) is 0 Å². The minimum absolute atomic E-state index is 0.111. The van der Waals surface area contributed by atoms with Gasteiger partial charge in [-0.25, -0.2) is 4.79 Å². The molecule has 76 valence electrons. The zero-order valence-electron chi connectivity index (χ0n) is 7.77. The Morgan fingerprint density at radius 1 is 1.43 bits per heavy atom. The largest absolute Gasteiger partial charge is 0.479 e. The summed E-state index contributed by atoms with van der Waals surface area (Å²) in [6.45, 7) is 1.64. The van der Waals surface area contributed by atoms with E-state index in [2.05, 4.69) is 0 Å². The molecule has 0 bridgehead atoms. The third-order valence-electron chi connectivity index (χ3n) is 2.00. The smallest absolute Gasteiger partial charge is 0.330 e. The van der Waals surface area contributed by atoms with Gasteiger partial charge in [0.1, 0.15) is 0 Å². The molecule has 5 nitrogen and oxygen atoms in total. The molecule has 0 radical (unpaired) electrons. The van der Waals surface area contributed by atoms with E-state index in [9.17, 15) is 14.4 Å². The number of rotatable bonds is 3. The number of aliphatic carboxylic acids is 1. The number of carbonyl (C=O) groups is 3. The van der Waals surface area contributed by atoms with E-state index >= 15 is 0 Å². The standard InChI is InChI=1S/C9H11NO4/c1-2-3-6(9(13)14)10-7(11)4-5-8(10)12/h2-3,6H,4-5H2,1H3,(H,13,14)/b3-2+. The molecule has 1 saturated heterocycles. The fourth-order valence-electron chi connectivity index (χ4n) is 1.37. The number of carboxylic acid groups (broad SMARTS) is 1. The lowest BCUT2D eigenvalue weighted by molar-refractivity contribution is -0.152. The summed E-state index contributed by atoms with van der Waals surface area (Å²) in [5, 5.41) is 8.80. The molecule has 1 aliphatic rings. The first-order valence-electron chi connectivity index (χ1n) is 4.28. The van der Waals surface area contributed by atoms with Crippen LogP contribution in [0.15, 0.2) is 12.2 Å². The number of likely N-dealkylation sites (tertiary alicyclic amines) is 1. The Bertz CT molecular complexity index is 292. The van der Waals surface area contributed by atoms with E-state index in [1.165, 1.54) is 12.2 Å². The van der Waals surface area contributed by atoms with Crippen molar-refractivity contribution in [1.29, 1.82) is 0 Å². The maximum atomic E-state index is 11.2. The van der Waals surface area contributed by atoms with Crippen molar-refractivity contribution in [2.24, 2.45) is 0 Å². The zero-order chi connectivity index (χ0) is 10.7. The van der Waals surface area contributed by atoms with Crippen molar-refractivity contribution < 1.29 is 19.5 Å². The molecule has 0 aliphatic carbocycles. The second-order valence-corrected chi connectivity index (χ2v) is 2.97. The normalized spacial score (nSPS) is 19.4. The summed E-state index contributed by atoms with van der Waals surface area (Å²) in [6, 6.07) is -1.15. The fourth-order valence-corrected chi connectivity index (χ4v) is 1.37. The van der Waals surface area contributed by atoms with Gasteiger partial charge in [-0.15, -0.1) is 0 Å². The van der Waals surface area contributed by atoms with Crippen molar-refractivity contribution in [3.63, 3.8) is 0 Å². The third-order valence-corrected chi connectivity index (χ3v) is 2.00. The highest BCUT2D eigenvalue weighted by molar-refractivity contribution is 6.05. The summed E-state index contributed by atoms with van der Waals surface area (Å²) >= 11 is 0. The summed E-state index contributed by atoms with van der Waals surface area (Å²) in [5.41, 5.74) is 0. The van der Waals surface area contributed by atoms with E-state index in [1.807, 2.05) is 0 Å². The van der Waals surface area contributed by atoms with Gasteiger partial charge in [-0.3, -0.25) is 14.5 Å². The van der Waals surface area contributed by atoms with Crippen LogP contribution in [0.1, 0.15) is 19.8 Å². The van der Waals surface area contributed by atoms with Crippen LogP contribution in [-0.4, -0.2) is 33.8 Å². The molecule has 1 N–H and O–H groups in total. The molecule has 1 aliphatic heterocycles. The molecule has 0 saturated carbocycles. The average Bonchev–Trinajstić information content (AvgIpc) is 2.43. The molecule has 5 heteroatoms. The van der Waals surface area contributed by atoms with Gasteiger partial charge in [-0.2, -0.15) is 0 Å². The Balaban J connectivity index is 2.92. The van der Waals surface area contributed by atoms with E-state index in [-0.39, 0.29) is 12.8 Å². The first-order chi connectivity index (χ1) is 6.57. The molecule has 0 aromatic carbocycles. The third kappa shape index (κ3) is 1.81. The quantitative estimate of drug-likeness (QED) is 0.516. The van der Waals surface area contributed by atoms with Crippen LogP contribution in [-0.2, 0) is 14.4 Å². The van der Waals surface area contributed by atoms with Crippen LogP contribution in [0.4, 0.5) is 0 Å². The van der Waals surface area contributed by atoms with Gasteiger partial charge in [0, 0.05) is 12.8 Å². The molecule has 1 atom stereocenters. The van der Waals surface area contributed by atoms with Crippen molar-refractivity contribution >= 4 is 17.8 Å². The molecular weight excluding hydrogens is 186 g/mol. The minimum Gasteiger partial charge on any atom is -0.479 e. The molecular formula is C9H11NO4. The van der Waals surface area contributed by atoms with Crippen LogP contribution in [0.3, 0.4) is 0 Å². The topological polar surface area (TPSA) is 74.7 Å². The summed E-state index contributed by atoms with van der Waals surface area (Å²) in [6.07, 6.45) is 3.06. The SMILES string of the molecule is C/C=C/C(C(=O)O)N1C(=O)CCC1=O. The predicted molar refractivity (Wildman–Crippen MR) is 47.3 cm³/mol. The van der Waals surface area contributed by atoms with Gasteiger partial charge in [0.05, 0.1) is 0 Å². The average molecular weight is 197 g/mol. The van der Waals surface area contributed by atoms with Gasteiger partial charge >= 0.3 is 5.97 Å². The van der Waals surface area contributed by atoms with Gasteiger partial charge in [0.2, 0.25) is 11.8 Å². The van der Waals surface area contributed by atoms with Crippen LogP contribution in [0.2, 0.25) is 0 Å². The zero-order valence-corrected chi connectivity index (χ0v) is 7.77. The number of carboxylic acids is 1. The van der Waals surface area contributed by atoms with E-state index in [0.29, 0.717) is 0 Å². The van der Waals surface area contributed by atoms with Gasteiger partial charge in [-0.1, -0.05) is 12.2 Å².